The number of furan rings is 1. The molecule has 3 rings (SSSR count). The van der Waals surface area contributed by atoms with Crippen molar-refractivity contribution in [2.75, 3.05) is 0 Å². The lowest BCUT2D eigenvalue weighted by Gasteiger charge is -2.13. The predicted octanol–water partition coefficient (Wildman–Crippen LogP) is 5.17. The summed E-state index contributed by atoms with van der Waals surface area (Å²) >= 11 is 0. The van der Waals surface area contributed by atoms with Crippen molar-refractivity contribution >= 4 is 11.0 Å². The monoisotopic (exact) mass is 310 g/mol. The van der Waals surface area contributed by atoms with E-state index in [0.717, 1.165) is 6.07 Å². The van der Waals surface area contributed by atoms with Gasteiger partial charge in [-0.25, -0.2) is 4.39 Å². The van der Waals surface area contributed by atoms with Crippen molar-refractivity contribution in [3.8, 4) is 5.75 Å². The topological polar surface area (TPSA) is 22.4 Å². The highest BCUT2D eigenvalue weighted by atomic mass is 19.4. The molecule has 2 aromatic carbocycles. The van der Waals surface area contributed by atoms with E-state index in [1.165, 1.54) is 42.7 Å². The van der Waals surface area contributed by atoms with Crippen LogP contribution in [0.3, 0.4) is 0 Å². The Morgan fingerprint density at radius 3 is 2.59 bits per heavy atom. The number of hydrogen-bond acceptors (Lipinski definition) is 2. The first kappa shape index (κ1) is 14.4. The number of alkyl halides is 3. The van der Waals surface area contributed by atoms with Crippen LogP contribution in [-0.2, 0) is 12.8 Å². The molecule has 0 bridgehead atoms. The lowest BCUT2D eigenvalue weighted by Crippen LogP contribution is -2.08. The lowest BCUT2D eigenvalue weighted by atomic mass is 10.1. The first-order chi connectivity index (χ1) is 10.4. The number of para-hydroxylation sites is 1. The molecule has 0 aliphatic heterocycles. The molecule has 3 aromatic rings. The standard InChI is InChI=1S/C16H10F4O2/c17-11-5-6-14-12(7-11)10(8-21-14)9-22-15-4-2-1-3-13(15)16(18,19)20/h1-8H,9H2. The van der Waals surface area contributed by atoms with Gasteiger partial charge in [0.15, 0.2) is 0 Å². The van der Waals surface area contributed by atoms with Gasteiger partial charge >= 0.3 is 6.18 Å². The molecule has 0 N–H and O–H groups in total. The van der Waals surface area contributed by atoms with Crippen LogP contribution in [0.15, 0.2) is 53.1 Å². The second-order valence-corrected chi connectivity index (χ2v) is 4.68. The minimum atomic E-state index is -4.50. The van der Waals surface area contributed by atoms with Crippen molar-refractivity contribution in [2.45, 2.75) is 12.8 Å². The van der Waals surface area contributed by atoms with Crippen LogP contribution >= 0.6 is 0 Å². The summed E-state index contributed by atoms with van der Waals surface area (Å²) in [4.78, 5) is 0. The smallest absolute Gasteiger partial charge is 0.419 e. The highest BCUT2D eigenvalue weighted by Gasteiger charge is 2.34. The molecule has 0 saturated carbocycles. The van der Waals surface area contributed by atoms with E-state index >= 15 is 0 Å². The Balaban J connectivity index is 1.87. The summed E-state index contributed by atoms with van der Waals surface area (Å²) < 4.78 is 62.3. The summed E-state index contributed by atoms with van der Waals surface area (Å²) in [6.07, 6.45) is -3.15. The van der Waals surface area contributed by atoms with Gasteiger partial charge in [-0.3, -0.25) is 0 Å². The highest BCUT2D eigenvalue weighted by Crippen LogP contribution is 2.36. The van der Waals surface area contributed by atoms with E-state index < -0.39 is 17.6 Å². The van der Waals surface area contributed by atoms with Crippen molar-refractivity contribution in [1.29, 1.82) is 0 Å². The first-order valence-electron chi connectivity index (χ1n) is 6.40. The number of benzene rings is 2. The van der Waals surface area contributed by atoms with E-state index in [1.54, 1.807) is 0 Å². The summed E-state index contributed by atoms with van der Waals surface area (Å²) in [6.45, 7) is -0.149. The molecule has 0 saturated heterocycles. The quantitative estimate of drug-likeness (QED) is 0.623. The SMILES string of the molecule is Fc1ccc2occ(COc3ccccc3C(F)(F)F)c2c1. The predicted molar refractivity (Wildman–Crippen MR) is 71.9 cm³/mol. The number of hydrogen-bond donors (Lipinski definition) is 0. The third kappa shape index (κ3) is 2.77. The van der Waals surface area contributed by atoms with Gasteiger partial charge in [-0.15, -0.1) is 0 Å². The molecule has 0 aliphatic rings. The van der Waals surface area contributed by atoms with E-state index in [9.17, 15) is 17.6 Å². The molecule has 0 fully saturated rings. The molecule has 0 aliphatic carbocycles. The Morgan fingerprint density at radius 2 is 1.82 bits per heavy atom. The fourth-order valence-electron chi connectivity index (χ4n) is 2.15. The molecule has 6 heteroatoms. The van der Waals surface area contributed by atoms with Gasteiger partial charge in [0.25, 0.3) is 0 Å². The van der Waals surface area contributed by atoms with Gasteiger partial charge in [-0.1, -0.05) is 12.1 Å². The molecule has 0 unspecified atom stereocenters. The summed E-state index contributed by atoms with van der Waals surface area (Å²) in [5.74, 6) is -0.730. The van der Waals surface area contributed by atoms with Crippen LogP contribution in [0.4, 0.5) is 17.6 Å². The van der Waals surface area contributed by atoms with Gasteiger partial charge in [0.05, 0.1) is 11.8 Å². The van der Waals surface area contributed by atoms with Crippen LogP contribution in [0.25, 0.3) is 11.0 Å². The number of ether oxygens (including phenoxy) is 1. The Morgan fingerprint density at radius 1 is 1.05 bits per heavy atom. The number of halogens is 4. The number of rotatable bonds is 3. The highest BCUT2D eigenvalue weighted by molar-refractivity contribution is 5.80. The van der Waals surface area contributed by atoms with Crippen LogP contribution in [0, 0.1) is 5.82 Å². The van der Waals surface area contributed by atoms with E-state index in [4.69, 9.17) is 9.15 Å². The van der Waals surface area contributed by atoms with Crippen LogP contribution in [0.1, 0.15) is 11.1 Å². The normalized spacial score (nSPS) is 11.8. The summed E-state index contributed by atoms with van der Waals surface area (Å²) in [5, 5.41) is 0.476. The minimum Gasteiger partial charge on any atom is -0.488 e. The van der Waals surface area contributed by atoms with Crippen molar-refractivity contribution in [1.82, 2.24) is 0 Å². The van der Waals surface area contributed by atoms with E-state index in [1.807, 2.05) is 0 Å². The van der Waals surface area contributed by atoms with E-state index in [2.05, 4.69) is 0 Å². The molecule has 0 radical (unpaired) electrons. The third-order valence-corrected chi connectivity index (χ3v) is 3.19. The third-order valence-electron chi connectivity index (χ3n) is 3.19. The maximum Gasteiger partial charge on any atom is 0.419 e. The van der Waals surface area contributed by atoms with Crippen molar-refractivity contribution in [3.63, 3.8) is 0 Å². The molecule has 1 heterocycles. The zero-order valence-corrected chi connectivity index (χ0v) is 11.2. The largest absolute Gasteiger partial charge is 0.488 e. The average Bonchev–Trinajstić information content (AvgIpc) is 2.87. The number of fused-ring (bicyclic) bond motifs is 1. The van der Waals surface area contributed by atoms with Gasteiger partial charge in [0.1, 0.15) is 23.8 Å². The molecule has 22 heavy (non-hydrogen) atoms. The zero-order chi connectivity index (χ0) is 15.7. The zero-order valence-electron chi connectivity index (χ0n) is 11.2. The summed E-state index contributed by atoms with van der Waals surface area (Å²) in [5.41, 5.74) is 0.0737. The molecule has 0 atom stereocenters. The minimum absolute atomic E-state index is 0.149. The van der Waals surface area contributed by atoms with Crippen molar-refractivity contribution in [3.05, 3.63) is 65.7 Å². The Kier molecular flexibility index (Phi) is 3.52. The van der Waals surface area contributed by atoms with Crippen LogP contribution in [0.2, 0.25) is 0 Å². The molecule has 114 valence electrons. The average molecular weight is 310 g/mol. The second-order valence-electron chi connectivity index (χ2n) is 4.68. The molecule has 1 aromatic heterocycles. The molecular weight excluding hydrogens is 300 g/mol. The van der Waals surface area contributed by atoms with E-state index in [0.29, 0.717) is 16.5 Å². The summed E-state index contributed by atoms with van der Waals surface area (Å²) in [7, 11) is 0. The molecule has 2 nitrogen and oxygen atoms in total. The van der Waals surface area contributed by atoms with Gasteiger partial charge in [-0.05, 0) is 30.3 Å². The Hall–Kier alpha value is -2.50. The van der Waals surface area contributed by atoms with Crippen molar-refractivity contribution < 1.29 is 26.7 Å². The fraction of sp³-hybridized carbons (Fsp3) is 0.125. The fourth-order valence-corrected chi connectivity index (χ4v) is 2.15. The lowest BCUT2D eigenvalue weighted by molar-refractivity contribution is -0.139. The molecule has 0 amide bonds. The van der Waals surface area contributed by atoms with Crippen LogP contribution < -0.4 is 4.74 Å². The van der Waals surface area contributed by atoms with Gasteiger partial charge in [0, 0.05) is 10.9 Å². The van der Waals surface area contributed by atoms with Crippen molar-refractivity contribution in [2.24, 2.45) is 0 Å². The van der Waals surface area contributed by atoms with Gasteiger partial charge in [0.2, 0.25) is 0 Å². The Labute approximate surface area is 122 Å². The maximum atomic E-state index is 13.2. The Bertz CT molecular complexity index is 805. The van der Waals surface area contributed by atoms with E-state index in [-0.39, 0.29) is 12.4 Å². The van der Waals surface area contributed by atoms with Gasteiger partial charge in [-0.2, -0.15) is 13.2 Å². The molecule has 0 spiro atoms. The molecular formula is C16H10F4O2. The second kappa shape index (κ2) is 5.36. The van der Waals surface area contributed by atoms with Gasteiger partial charge < -0.3 is 9.15 Å². The summed E-state index contributed by atoms with van der Waals surface area (Å²) in [6, 6.07) is 8.89. The van der Waals surface area contributed by atoms with Crippen LogP contribution in [-0.4, -0.2) is 0 Å². The first-order valence-corrected chi connectivity index (χ1v) is 6.40. The maximum absolute atomic E-state index is 13.2. The van der Waals surface area contributed by atoms with Crippen LogP contribution in [0.5, 0.6) is 5.75 Å².